The fourth-order valence-corrected chi connectivity index (χ4v) is 2.68. The van der Waals surface area contributed by atoms with Crippen molar-refractivity contribution in [1.29, 1.82) is 0 Å². The molecule has 0 saturated carbocycles. The van der Waals surface area contributed by atoms with E-state index in [-0.39, 0.29) is 29.8 Å². The van der Waals surface area contributed by atoms with Crippen LogP contribution in [-0.2, 0) is 19.6 Å². The predicted molar refractivity (Wildman–Crippen MR) is 121 cm³/mol. The van der Waals surface area contributed by atoms with Gasteiger partial charge in [-0.2, -0.15) is 5.10 Å². The molecule has 0 spiro atoms. The smallest absolute Gasteiger partial charge is 0.191 e. The minimum Gasteiger partial charge on any atom is -0.357 e. The fourth-order valence-electron chi connectivity index (χ4n) is 2.68. The summed E-state index contributed by atoms with van der Waals surface area (Å²) in [5.74, 6) is 0.430. The average molecular weight is 493 g/mol. The molecule has 0 bridgehead atoms. The Labute approximate surface area is 182 Å². The number of hydrogen-bond donors (Lipinski definition) is 2. The van der Waals surface area contributed by atoms with Crippen molar-refractivity contribution in [2.24, 2.45) is 4.99 Å². The summed E-state index contributed by atoms with van der Waals surface area (Å²) in [5.41, 5.74) is 2.84. The Morgan fingerprint density at radius 1 is 1.04 bits per heavy atom. The van der Waals surface area contributed by atoms with E-state index in [4.69, 9.17) is 0 Å². The van der Waals surface area contributed by atoms with E-state index in [2.05, 4.69) is 32.9 Å². The molecule has 0 fully saturated rings. The third-order valence-electron chi connectivity index (χ3n) is 4.04. The van der Waals surface area contributed by atoms with Crippen LogP contribution in [0.1, 0.15) is 23.6 Å². The van der Waals surface area contributed by atoms with Crippen molar-refractivity contribution in [3.63, 3.8) is 0 Å². The van der Waals surface area contributed by atoms with E-state index in [0.717, 1.165) is 18.7 Å². The molecule has 2 N–H and O–H groups in total. The zero-order valence-electron chi connectivity index (χ0n) is 15.8. The summed E-state index contributed by atoms with van der Waals surface area (Å²) in [6.07, 6.45) is 3.82. The first-order chi connectivity index (χ1) is 13.2. The van der Waals surface area contributed by atoms with Gasteiger partial charge in [-0.25, -0.2) is 9.38 Å². The molecule has 5 nitrogen and oxygen atoms in total. The Morgan fingerprint density at radius 2 is 1.79 bits per heavy atom. The van der Waals surface area contributed by atoms with Crippen molar-refractivity contribution in [2.75, 3.05) is 6.54 Å². The monoisotopic (exact) mass is 493 g/mol. The zero-order valence-corrected chi connectivity index (χ0v) is 18.1. The first kappa shape index (κ1) is 21.9. The minimum absolute atomic E-state index is 0. The van der Waals surface area contributed by atoms with Gasteiger partial charge in [0.1, 0.15) is 5.82 Å². The van der Waals surface area contributed by atoms with Gasteiger partial charge in [0.2, 0.25) is 0 Å². The first-order valence-corrected chi connectivity index (χ1v) is 9.05. The maximum absolute atomic E-state index is 13.7. The maximum atomic E-state index is 13.7. The molecule has 0 atom stereocenters. The van der Waals surface area contributed by atoms with Gasteiger partial charge in [-0.15, -0.1) is 24.0 Å². The van der Waals surface area contributed by atoms with E-state index in [0.29, 0.717) is 24.6 Å². The summed E-state index contributed by atoms with van der Waals surface area (Å²) in [4.78, 5) is 4.57. The Kier molecular flexibility index (Phi) is 8.93. The van der Waals surface area contributed by atoms with Crippen molar-refractivity contribution in [3.8, 4) is 0 Å². The van der Waals surface area contributed by atoms with Crippen LogP contribution in [0.4, 0.5) is 4.39 Å². The number of nitrogens with zero attached hydrogens (tertiary/aromatic N) is 3. The molecule has 0 radical (unpaired) electrons. The zero-order chi connectivity index (χ0) is 18.9. The number of guanidine groups is 1. The highest BCUT2D eigenvalue weighted by Gasteiger charge is 2.04. The quantitative estimate of drug-likeness (QED) is 0.298. The molecule has 0 aliphatic carbocycles. The standard InChI is InChI=1S/C21H24FN5.HI/c1-2-23-21(25-14-19-10-6-7-11-20(19)22)24-12-18-13-26-27(16-18)15-17-8-4-3-5-9-17;/h3-11,13,16H,2,12,14-15H2,1H3,(H2,23,24,25);1H. The highest BCUT2D eigenvalue weighted by Crippen LogP contribution is 2.06. The summed E-state index contributed by atoms with van der Waals surface area (Å²) < 4.78 is 15.6. The lowest BCUT2D eigenvalue weighted by atomic mass is 10.2. The molecule has 1 aromatic heterocycles. The summed E-state index contributed by atoms with van der Waals surface area (Å²) >= 11 is 0. The number of halogens is 2. The van der Waals surface area contributed by atoms with Crippen molar-refractivity contribution in [1.82, 2.24) is 20.4 Å². The third kappa shape index (κ3) is 6.63. The summed E-state index contributed by atoms with van der Waals surface area (Å²) in [5, 5.41) is 10.7. The van der Waals surface area contributed by atoms with Crippen LogP contribution in [0.25, 0.3) is 0 Å². The SMILES string of the molecule is CCNC(=NCc1cnn(Cc2ccccc2)c1)NCc1ccccc1F.I. The van der Waals surface area contributed by atoms with Crippen molar-refractivity contribution >= 4 is 29.9 Å². The summed E-state index contributed by atoms with van der Waals surface area (Å²) in [6.45, 7) is 4.35. The Morgan fingerprint density at radius 3 is 2.54 bits per heavy atom. The van der Waals surface area contributed by atoms with Crippen LogP contribution >= 0.6 is 24.0 Å². The Hall–Kier alpha value is -2.42. The number of nitrogens with one attached hydrogen (secondary N) is 2. The second-order valence-electron chi connectivity index (χ2n) is 6.17. The van der Waals surface area contributed by atoms with E-state index < -0.39 is 0 Å². The molecule has 1 heterocycles. The molecular formula is C21H25FIN5. The second-order valence-corrected chi connectivity index (χ2v) is 6.17. The van der Waals surface area contributed by atoms with Gasteiger partial charge >= 0.3 is 0 Å². The highest BCUT2D eigenvalue weighted by atomic mass is 127. The number of aromatic nitrogens is 2. The highest BCUT2D eigenvalue weighted by molar-refractivity contribution is 14.0. The maximum Gasteiger partial charge on any atom is 0.191 e. The molecule has 3 rings (SSSR count). The van der Waals surface area contributed by atoms with Gasteiger partial charge in [-0.05, 0) is 18.6 Å². The number of hydrogen-bond acceptors (Lipinski definition) is 2. The normalized spacial score (nSPS) is 11.0. The Bertz CT molecular complexity index is 879. The third-order valence-corrected chi connectivity index (χ3v) is 4.04. The molecule has 0 unspecified atom stereocenters. The van der Waals surface area contributed by atoms with Crippen molar-refractivity contribution < 1.29 is 4.39 Å². The van der Waals surface area contributed by atoms with Gasteiger partial charge in [0, 0.05) is 30.4 Å². The molecule has 7 heteroatoms. The molecular weight excluding hydrogens is 468 g/mol. The summed E-state index contributed by atoms with van der Waals surface area (Å²) in [7, 11) is 0. The first-order valence-electron chi connectivity index (χ1n) is 9.05. The lowest BCUT2D eigenvalue weighted by Crippen LogP contribution is -2.37. The summed E-state index contributed by atoms with van der Waals surface area (Å²) in [6, 6.07) is 16.9. The van der Waals surface area contributed by atoms with E-state index in [1.165, 1.54) is 11.6 Å². The molecule has 28 heavy (non-hydrogen) atoms. The van der Waals surface area contributed by atoms with E-state index in [9.17, 15) is 4.39 Å². The van der Waals surface area contributed by atoms with Gasteiger partial charge in [-0.1, -0.05) is 48.5 Å². The Balaban J connectivity index is 0.00000280. The second kappa shape index (κ2) is 11.4. The fraction of sp³-hybridized carbons (Fsp3) is 0.238. The lowest BCUT2D eigenvalue weighted by molar-refractivity contribution is 0.604. The molecule has 148 valence electrons. The van der Waals surface area contributed by atoms with Gasteiger partial charge in [0.15, 0.2) is 5.96 Å². The topological polar surface area (TPSA) is 54.2 Å². The molecule has 3 aromatic rings. The van der Waals surface area contributed by atoms with Crippen LogP contribution in [0.2, 0.25) is 0 Å². The minimum atomic E-state index is -0.219. The van der Waals surface area contributed by atoms with Gasteiger partial charge in [0.25, 0.3) is 0 Å². The van der Waals surface area contributed by atoms with Crippen LogP contribution in [-0.4, -0.2) is 22.3 Å². The van der Waals surface area contributed by atoms with Crippen LogP contribution in [0.3, 0.4) is 0 Å². The van der Waals surface area contributed by atoms with Crippen LogP contribution in [0.5, 0.6) is 0 Å². The average Bonchev–Trinajstić information content (AvgIpc) is 3.13. The predicted octanol–water partition coefficient (Wildman–Crippen LogP) is 3.94. The van der Waals surface area contributed by atoms with E-state index >= 15 is 0 Å². The number of rotatable bonds is 7. The van der Waals surface area contributed by atoms with E-state index in [1.54, 1.807) is 12.1 Å². The van der Waals surface area contributed by atoms with Gasteiger partial charge in [0.05, 0.1) is 19.3 Å². The molecule has 0 aliphatic rings. The van der Waals surface area contributed by atoms with Crippen LogP contribution in [0.15, 0.2) is 72.0 Å². The van der Waals surface area contributed by atoms with E-state index in [1.807, 2.05) is 48.3 Å². The van der Waals surface area contributed by atoms with Crippen molar-refractivity contribution in [2.45, 2.75) is 26.6 Å². The van der Waals surface area contributed by atoms with Gasteiger partial charge < -0.3 is 10.6 Å². The number of benzene rings is 2. The van der Waals surface area contributed by atoms with Gasteiger partial charge in [-0.3, -0.25) is 4.68 Å². The molecule has 0 aliphatic heterocycles. The molecule has 2 aromatic carbocycles. The van der Waals surface area contributed by atoms with Crippen LogP contribution in [0, 0.1) is 5.82 Å². The lowest BCUT2D eigenvalue weighted by Gasteiger charge is -2.11. The van der Waals surface area contributed by atoms with Crippen molar-refractivity contribution in [3.05, 3.63) is 89.5 Å². The number of aliphatic imine (C=N–C) groups is 1. The molecule has 0 amide bonds. The largest absolute Gasteiger partial charge is 0.357 e. The van der Waals surface area contributed by atoms with Crippen LogP contribution < -0.4 is 10.6 Å². The molecule has 0 saturated heterocycles.